The second kappa shape index (κ2) is 10.6. The molecule has 4 rings (SSSR count). The first-order chi connectivity index (χ1) is 15.9. The zero-order chi connectivity index (χ0) is 23.3. The van der Waals surface area contributed by atoms with Gasteiger partial charge in [0.15, 0.2) is 0 Å². The maximum absolute atomic E-state index is 13.3. The van der Waals surface area contributed by atoms with Crippen molar-refractivity contribution in [1.29, 1.82) is 0 Å². The van der Waals surface area contributed by atoms with Gasteiger partial charge in [0.2, 0.25) is 11.8 Å². The Morgan fingerprint density at radius 1 is 1.12 bits per heavy atom. The molecule has 10 heteroatoms. The molecule has 1 atom stereocenters. The Kier molecular flexibility index (Phi) is 7.56. The number of amides is 2. The third kappa shape index (κ3) is 6.27. The number of carbonyl (C=O) groups excluding carboxylic acids is 2. The monoisotopic (exact) mass is 477 g/mol. The first-order valence-corrected chi connectivity index (χ1v) is 11.9. The molecule has 178 valence electrons. The largest absolute Gasteiger partial charge is 0.490 e. The van der Waals surface area contributed by atoms with E-state index in [1.807, 2.05) is 12.3 Å². The van der Waals surface area contributed by atoms with Gasteiger partial charge in [-0.05, 0) is 31.2 Å². The van der Waals surface area contributed by atoms with Crippen molar-refractivity contribution >= 4 is 23.2 Å². The zero-order valence-corrected chi connectivity index (χ0v) is 19.4. The summed E-state index contributed by atoms with van der Waals surface area (Å²) in [5, 5.41) is 2.80. The molecule has 33 heavy (non-hydrogen) atoms. The van der Waals surface area contributed by atoms with Gasteiger partial charge < -0.3 is 24.0 Å². The highest BCUT2D eigenvalue weighted by molar-refractivity contribution is 7.09. The van der Waals surface area contributed by atoms with Gasteiger partial charge in [-0.25, -0.2) is 9.37 Å². The van der Waals surface area contributed by atoms with Gasteiger partial charge in [-0.15, -0.1) is 11.3 Å². The van der Waals surface area contributed by atoms with E-state index in [1.165, 1.54) is 35.6 Å². The highest BCUT2D eigenvalue weighted by atomic mass is 32.1. The van der Waals surface area contributed by atoms with Crippen molar-refractivity contribution in [3.8, 4) is 5.75 Å². The third-order valence-corrected chi connectivity index (χ3v) is 6.58. The van der Waals surface area contributed by atoms with Crippen LogP contribution in [-0.4, -0.2) is 84.8 Å². The number of hydrogen-bond donors (Lipinski definition) is 0. The van der Waals surface area contributed by atoms with Crippen molar-refractivity contribution in [3.05, 3.63) is 46.2 Å². The molecule has 2 aromatic rings. The Morgan fingerprint density at radius 2 is 1.85 bits per heavy atom. The third-order valence-electron chi connectivity index (χ3n) is 5.75. The topological polar surface area (TPSA) is 81.2 Å². The van der Waals surface area contributed by atoms with Crippen LogP contribution in [0.25, 0.3) is 0 Å². The number of rotatable bonds is 7. The van der Waals surface area contributed by atoms with E-state index in [2.05, 4.69) is 4.98 Å². The summed E-state index contributed by atoms with van der Waals surface area (Å²) in [6, 6.07) is 5.69. The molecule has 2 amide bonds. The molecule has 8 nitrogen and oxygen atoms in total. The van der Waals surface area contributed by atoms with E-state index in [-0.39, 0.29) is 43.6 Å². The van der Waals surface area contributed by atoms with E-state index in [9.17, 15) is 14.0 Å². The van der Waals surface area contributed by atoms with Gasteiger partial charge in [-0.2, -0.15) is 0 Å². The second-order valence-corrected chi connectivity index (χ2v) is 9.36. The first kappa shape index (κ1) is 23.6. The lowest BCUT2D eigenvalue weighted by Crippen LogP contribution is -2.59. The second-order valence-electron chi connectivity index (χ2n) is 8.29. The molecule has 1 aromatic heterocycles. The van der Waals surface area contributed by atoms with Crippen molar-refractivity contribution in [2.75, 3.05) is 52.6 Å². The number of hydrogen-bond acceptors (Lipinski definition) is 7. The number of halogens is 1. The van der Waals surface area contributed by atoms with Gasteiger partial charge in [0, 0.05) is 25.0 Å². The van der Waals surface area contributed by atoms with Gasteiger partial charge in [0.1, 0.15) is 23.8 Å². The van der Waals surface area contributed by atoms with E-state index < -0.39 is 5.60 Å². The molecule has 0 N–H and O–H groups in total. The minimum absolute atomic E-state index is 0.0615. The minimum Gasteiger partial charge on any atom is -0.490 e. The Bertz CT molecular complexity index is 963. The Balaban J connectivity index is 1.48. The summed E-state index contributed by atoms with van der Waals surface area (Å²) in [7, 11) is 0. The highest BCUT2D eigenvalue weighted by Crippen LogP contribution is 2.26. The summed E-state index contributed by atoms with van der Waals surface area (Å²) in [6.07, 6.45) is 0.282. The summed E-state index contributed by atoms with van der Waals surface area (Å²) in [5.74, 6) is -0.0128. The maximum atomic E-state index is 13.3. The van der Waals surface area contributed by atoms with Crippen LogP contribution in [0, 0.1) is 12.7 Å². The van der Waals surface area contributed by atoms with Gasteiger partial charge >= 0.3 is 0 Å². The van der Waals surface area contributed by atoms with Gasteiger partial charge in [0.05, 0.1) is 49.9 Å². The summed E-state index contributed by atoms with van der Waals surface area (Å²) in [6.45, 7) is 4.99. The molecule has 3 heterocycles. The molecule has 1 aromatic carbocycles. The number of nitrogens with zero attached hydrogens (tertiary/aromatic N) is 3. The highest BCUT2D eigenvalue weighted by Gasteiger charge is 2.42. The number of carbonyl (C=O) groups is 2. The fourth-order valence-corrected chi connectivity index (χ4v) is 4.62. The van der Waals surface area contributed by atoms with Crippen molar-refractivity contribution < 1.29 is 28.2 Å². The lowest BCUT2D eigenvalue weighted by molar-refractivity contribution is -0.167. The molecule has 2 fully saturated rings. The molecule has 0 unspecified atom stereocenters. The SMILES string of the molecule is Cc1nc(CC(=O)N2CCO[C@@](COc3ccc(F)cc3)(CC(=O)N3CCOCC3)C2)cs1. The molecule has 0 bridgehead atoms. The van der Waals surface area contributed by atoms with Crippen LogP contribution in [0.2, 0.25) is 0 Å². The van der Waals surface area contributed by atoms with Crippen LogP contribution in [-0.2, 0) is 25.5 Å². The molecule has 2 aliphatic rings. The Morgan fingerprint density at radius 3 is 2.55 bits per heavy atom. The Labute approximate surface area is 196 Å². The average Bonchev–Trinajstić information content (AvgIpc) is 3.24. The molecule has 0 aliphatic carbocycles. The van der Waals surface area contributed by atoms with E-state index >= 15 is 0 Å². The van der Waals surface area contributed by atoms with E-state index in [0.29, 0.717) is 45.2 Å². The maximum Gasteiger partial charge on any atom is 0.228 e. The van der Waals surface area contributed by atoms with E-state index in [4.69, 9.17) is 14.2 Å². The fourth-order valence-electron chi connectivity index (χ4n) is 4.01. The summed E-state index contributed by atoms with van der Waals surface area (Å²) in [5.41, 5.74) is -0.262. The van der Waals surface area contributed by atoms with Crippen LogP contribution in [0.1, 0.15) is 17.1 Å². The number of aryl methyl sites for hydroxylation is 1. The standard InChI is InChI=1S/C23H28FN3O5S/c1-17-25-19(14-33-17)12-21(28)27-8-11-32-23(15-27,13-22(29)26-6-9-30-10-7-26)16-31-20-4-2-18(24)3-5-20/h2-5,14H,6-13,15-16H2,1H3/t23-/m0/s1. The molecule has 0 spiro atoms. The molecular weight excluding hydrogens is 449 g/mol. The summed E-state index contributed by atoms with van der Waals surface area (Å²) >= 11 is 1.51. The molecule has 0 saturated carbocycles. The average molecular weight is 478 g/mol. The molecule has 2 aliphatic heterocycles. The smallest absolute Gasteiger partial charge is 0.228 e. The van der Waals surface area contributed by atoms with Crippen molar-refractivity contribution in [1.82, 2.24) is 14.8 Å². The minimum atomic E-state index is -1.00. The van der Waals surface area contributed by atoms with Crippen LogP contribution in [0.4, 0.5) is 4.39 Å². The van der Waals surface area contributed by atoms with Crippen LogP contribution in [0.5, 0.6) is 5.75 Å². The van der Waals surface area contributed by atoms with Crippen molar-refractivity contribution in [3.63, 3.8) is 0 Å². The number of thiazole rings is 1. The number of ether oxygens (including phenoxy) is 3. The zero-order valence-electron chi connectivity index (χ0n) is 18.6. The molecular formula is C23H28FN3O5S. The van der Waals surface area contributed by atoms with Crippen molar-refractivity contribution in [2.24, 2.45) is 0 Å². The molecule has 0 radical (unpaired) electrons. The normalized spacial score (nSPS) is 21.2. The lowest BCUT2D eigenvalue weighted by atomic mass is 9.96. The van der Waals surface area contributed by atoms with E-state index in [0.717, 1.165) is 10.7 Å². The van der Waals surface area contributed by atoms with Gasteiger partial charge in [-0.1, -0.05) is 0 Å². The fraction of sp³-hybridized carbons (Fsp3) is 0.522. The van der Waals surface area contributed by atoms with Crippen LogP contribution in [0.3, 0.4) is 0 Å². The van der Waals surface area contributed by atoms with Crippen LogP contribution >= 0.6 is 11.3 Å². The predicted molar refractivity (Wildman–Crippen MR) is 120 cm³/mol. The summed E-state index contributed by atoms with van der Waals surface area (Å²) < 4.78 is 30.6. The van der Waals surface area contributed by atoms with Crippen molar-refractivity contribution in [2.45, 2.75) is 25.4 Å². The number of aromatic nitrogens is 1. The predicted octanol–water partition coefficient (Wildman–Crippen LogP) is 2.06. The van der Waals surface area contributed by atoms with Crippen LogP contribution in [0.15, 0.2) is 29.6 Å². The quantitative estimate of drug-likeness (QED) is 0.607. The Hall–Kier alpha value is -2.56. The number of morpholine rings is 2. The van der Waals surface area contributed by atoms with E-state index in [1.54, 1.807) is 9.80 Å². The summed E-state index contributed by atoms with van der Waals surface area (Å²) in [4.78, 5) is 33.9. The van der Waals surface area contributed by atoms with Crippen LogP contribution < -0.4 is 4.74 Å². The van der Waals surface area contributed by atoms with Gasteiger partial charge in [0.25, 0.3) is 0 Å². The molecule has 2 saturated heterocycles. The van der Waals surface area contributed by atoms with Gasteiger partial charge in [-0.3, -0.25) is 9.59 Å². The number of benzene rings is 1. The first-order valence-electron chi connectivity index (χ1n) is 11.0. The lowest BCUT2D eigenvalue weighted by Gasteiger charge is -2.43.